The van der Waals surface area contributed by atoms with Gasteiger partial charge in [0.05, 0.1) is 18.8 Å². The quantitative estimate of drug-likeness (QED) is 0.0420. The summed E-state index contributed by atoms with van der Waals surface area (Å²) >= 11 is 0. The second-order valence-corrected chi connectivity index (χ2v) is 20.0. The molecular weight excluding hydrogens is 879 g/mol. The summed E-state index contributed by atoms with van der Waals surface area (Å²) in [7, 11) is 0. The molecule has 1 amide bonds. The van der Waals surface area contributed by atoms with E-state index in [-0.39, 0.29) is 12.5 Å². The molecule has 4 heteroatoms. The van der Waals surface area contributed by atoms with Crippen LogP contribution < -0.4 is 5.32 Å². The van der Waals surface area contributed by atoms with Crippen molar-refractivity contribution in [1.29, 1.82) is 0 Å². The van der Waals surface area contributed by atoms with Crippen LogP contribution in [0.15, 0.2) is 134 Å². The molecular formula is C68H115NO3. The lowest BCUT2D eigenvalue weighted by Crippen LogP contribution is -2.45. The van der Waals surface area contributed by atoms with Crippen LogP contribution in [0, 0.1) is 0 Å². The highest BCUT2D eigenvalue weighted by atomic mass is 16.3. The Labute approximate surface area is 447 Å². The molecule has 0 aromatic rings. The molecule has 3 N–H and O–H groups in total. The standard InChI is InChI=1S/C68H115NO3/c1-3-5-7-9-11-13-15-17-19-21-23-25-27-29-30-31-32-33-34-35-36-37-38-40-42-44-46-48-50-52-54-56-58-60-62-64-68(72)69-66(65-70)67(71)63-61-59-57-55-53-51-49-47-45-43-41-39-28-26-24-22-20-18-16-14-12-10-8-6-4-2/h5,7,11,13,17,19,23,25,29-30,32-33,35-36,38,40,44,46,53,55,61,63,66-67,70-71H,3-4,6,8-10,12,14-16,18,20-22,24,26-28,31,34,37,39,41-43,45,47-52,54,56-60,62,64-65H2,1-2H3,(H,69,72)/b7-5-,13-11-,19-17-,25-23-,30-29-,33-32-,36-35-,40-38-,46-44-,55-53+,63-61+. The highest BCUT2D eigenvalue weighted by Crippen LogP contribution is 2.16. The summed E-state index contributed by atoms with van der Waals surface area (Å²) in [4.78, 5) is 12.5. The second-order valence-electron chi connectivity index (χ2n) is 20.0. The maximum Gasteiger partial charge on any atom is 0.220 e. The predicted molar refractivity (Wildman–Crippen MR) is 322 cm³/mol. The highest BCUT2D eigenvalue weighted by molar-refractivity contribution is 5.76. The number of aliphatic hydroxyl groups excluding tert-OH is 2. The van der Waals surface area contributed by atoms with E-state index in [0.29, 0.717) is 6.42 Å². The number of amides is 1. The molecule has 0 saturated carbocycles. The van der Waals surface area contributed by atoms with E-state index in [9.17, 15) is 15.0 Å². The molecule has 0 aromatic heterocycles. The average molecular weight is 995 g/mol. The molecule has 0 radical (unpaired) electrons. The van der Waals surface area contributed by atoms with E-state index >= 15 is 0 Å². The Hall–Kier alpha value is -3.47. The van der Waals surface area contributed by atoms with E-state index in [1.807, 2.05) is 6.08 Å². The third kappa shape index (κ3) is 57.4. The fraction of sp³-hybridized carbons (Fsp3) is 0.662. The molecule has 72 heavy (non-hydrogen) atoms. The van der Waals surface area contributed by atoms with Crippen LogP contribution in [-0.4, -0.2) is 34.9 Å². The number of nitrogens with one attached hydrogen (secondary N) is 1. The number of rotatable bonds is 54. The molecule has 0 spiro atoms. The van der Waals surface area contributed by atoms with Crippen LogP contribution in [0.2, 0.25) is 0 Å². The first kappa shape index (κ1) is 68.5. The Morgan fingerprint density at radius 3 is 0.972 bits per heavy atom. The summed E-state index contributed by atoms with van der Waals surface area (Å²) in [6.45, 7) is 4.19. The van der Waals surface area contributed by atoms with Crippen molar-refractivity contribution >= 4 is 5.91 Å². The Balaban J connectivity index is 3.64. The van der Waals surface area contributed by atoms with Gasteiger partial charge < -0.3 is 15.5 Å². The molecule has 0 bridgehead atoms. The molecule has 0 aliphatic heterocycles. The van der Waals surface area contributed by atoms with Gasteiger partial charge in [0.15, 0.2) is 0 Å². The zero-order chi connectivity index (χ0) is 52.0. The van der Waals surface area contributed by atoms with E-state index < -0.39 is 12.1 Å². The van der Waals surface area contributed by atoms with Crippen LogP contribution in [0.25, 0.3) is 0 Å². The van der Waals surface area contributed by atoms with Gasteiger partial charge in [-0.25, -0.2) is 0 Å². The lowest BCUT2D eigenvalue weighted by atomic mass is 10.0. The van der Waals surface area contributed by atoms with Gasteiger partial charge in [-0.3, -0.25) is 4.79 Å². The molecule has 0 saturated heterocycles. The van der Waals surface area contributed by atoms with E-state index in [4.69, 9.17) is 0 Å². The van der Waals surface area contributed by atoms with Gasteiger partial charge in [-0.05, 0) is 103 Å². The van der Waals surface area contributed by atoms with Crippen LogP contribution in [-0.2, 0) is 4.79 Å². The first-order valence-electron chi connectivity index (χ1n) is 30.4. The highest BCUT2D eigenvalue weighted by Gasteiger charge is 2.18. The summed E-state index contributed by atoms with van der Waals surface area (Å²) in [5.41, 5.74) is 0. The molecule has 0 aromatic carbocycles. The number of allylic oxidation sites excluding steroid dienone is 21. The maximum atomic E-state index is 12.5. The largest absolute Gasteiger partial charge is 0.394 e. The number of carbonyl (C=O) groups is 1. The molecule has 0 heterocycles. The third-order valence-corrected chi connectivity index (χ3v) is 13.1. The number of hydrogen-bond donors (Lipinski definition) is 3. The van der Waals surface area contributed by atoms with E-state index in [1.54, 1.807) is 6.08 Å². The number of hydrogen-bond acceptors (Lipinski definition) is 3. The molecule has 2 atom stereocenters. The fourth-order valence-electron chi connectivity index (χ4n) is 8.54. The van der Waals surface area contributed by atoms with Gasteiger partial charge in [0.1, 0.15) is 0 Å². The molecule has 4 nitrogen and oxygen atoms in total. The third-order valence-electron chi connectivity index (χ3n) is 13.1. The molecule has 0 aliphatic rings. The average Bonchev–Trinajstić information content (AvgIpc) is 3.39. The van der Waals surface area contributed by atoms with Crippen LogP contribution in [0.4, 0.5) is 0 Å². The summed E-state index contributed by atoms with van der Waals surface area (Å²) in [6, 6.07) is -0.656. The molecule has 410 valence electrons. The van der Waals surface area contributed by atoms with Gasteiger partial charge in [0.2, 0.25) is 5.91 Å². The van der Waals surface area contributed by atoms with Gasteiger partial charge in [0, 0.05) is 6.42 Å². The van der Waals surface area contributed by atoms with Crippen molar-refractivity contribution in [3.63, 3.8) is 0 Å². The first-order valence-corrected chi connectivity index (χ1v) is 30.4. The van der Waals surface area contributed by atoms with Crippen LogP contribution >= 0.6 is 0 Å². The van der Waals surface area contributed by atoms with E-state index in [0.717, 1.165) is 103 Å². The SMILES string of the molecule is CC/C=C\C/C=C\C/C=C\C/C=C\C/C=C\C/C=C\C/C=C\C/C=C\C/C=C\CCCCCCCCCC(=O)NC(CO)C(O)/C=C/CC/C=C/CCCCCCCCCCCCCCCCCCCCC. The fourth-order valence-corrected chi connectivity index (χ4v) is 8.54. The minimum absolute atomic E-state index is 0.0887. The van der Waals surface area contributed by atoms with Crippen LogP contribution in [0.3, 0.4) is 0 Å². The maximum absolute atomic E-state index is 12.5. The van der Waals surface area contributed by atoms with Gasteiger partial charge in [-0.2, -0.15) is 0 Å². The van der Waals surface area contributed by atoms with Gasteiger partial charge in [0.25, 0.3) is 0 Å². The van der Waals surface area contributed by atoms with Crippen molar-refractivity contribution in [3.8, 4) is 0 Å². The Bertz CT molecular complexity index is 1450. The molecule has 0 aliphatic carbocycles. The van der Waals surface area contributed by atoms with Crippen molar-refractivity contribution in [1.82, 2.24) is 5.32 Å². The smallest absolute Gasteiger partial charge is 0.220 e. The molecule has 0 rings (SSSR count). The number of carbonyl (C=O) groups excluding carboxylic acids is 1. The summed E-state index contributed by atoms with van der Waals surface area (Å²) in [6.07, 6.45) is 96.2. The van der Waals surface area contributed by atoms with Gasteiger partial charge in [-0.15, -0.1) is 0 Å². The van der Waals surface area contributed by atoms with Crippen LogP contribution in [0.5, 0.6) is 0 Å². The Morgan fingerprint density at radius 2 is 0.625 bits per heavy atom. The first-order chi connectivity index (χ1) is 35.7. The molecule has 0 fully saturated rings. The summed E-state index contributed by atoms with van der Waals surface area (Å²) < 4.78 is 0. The second kappa shape index (κ2) is 61.8. The van der Waals surface area contributed by atoms with Crippen LogP contribution in [0.1, 0.15) is 271 Å². The molecule has 2 unspecified atom stereocenters. The van der Waals surface area contributed by atoms with Crippen molar-refractivity contribution in [2.45, 2.75) is 283 Å². The Kier molecular flexibility index (Phi) is 58.8. The summed E-state index contributed by atoms with van der Waals surface area (Å²) in [5, 5.41) is 23.2. The van der Waals surface area contributed by atoms with Gasteiger partial charge >= 0.3 is 0 Å². The zero-order valence-corrected chi connectivity index (χ0v) is 47.2. The number of aliphatic hydroxyl groups is 2. The van der Waals surface area contributed by atoms with Crippen molar-refractivity contribution in [3.05, 3.63) is 134 Å². The zero-order valence-electron chi connectivity index (χ0n) is 47.2. The normalized spacial score (nSPS) is 13.8. The topological polar surface area (TPSA) is 69.6 Å². The number of unbranched alkanes of at least 4 members (excludes halogenated alkanes) is 27. The summed E-state index contributed by atoms with van der Waals surface area (Å²) in [5.74, 6) is -0.0887. The van der Waals surface area contributed by atoms with E-state index in [2.05, 4.69) is 141 Å². The van der Waals surface area contributed by atoms with Crippen molar-refractivity contribution < 1.29 is 15.0 Å². The van der Waals surface area contributed by atoms with E-state index in [1.165, 1.54) is 148 Å². The Morgan fingerprint density at radius 1 is 0.347 bits per heavy atom. The lowest BCUT2D eigenvalue weighted by Gasteiger charge is -2.19. The minimum atomic E-state index is -0.878. The lowest BCUT2D eigenvalue weighted by molar-refractivity contribution is -0.123. The van der Waals surface area contributed by atoms with Crippen molar-refractivity contribution in [2.75, 3.05) is 6.61 Å². The monoisotopic (exact) mass is 994 g/mol. The predicted octanol–water partition coefficient (Wildman–Crippen LogP) is 20.6. The van der Waals surface area contributed by atoms with Crippen molar-refractivity contribution in [2.24, 2.45) is 0 Å². The van der Waals surface area contributed by atoms with Gasteiger partial charge in [-0.1, -0.05) is 295 Å². The minimum Gasteiger partial charge on any atom is -0.394 e.